The normalized spacial score (nSPS) is 28.2. The van der Waals surface area contributed by atoms with Gasteiger partial charge in [0, 0.05) is 32.0 Å². The zero-order chi connectivity index (χ0) is 22.0. The van der Waals surface area contributed by atoms with E-state index in [2.05, 4.69) is 20.2 Å². The van der Waals surface area contributed by atoms with Crippen LogP contribution < -0.4 is 10.6 Å². The van der Waals surface area contributed by atoms with Crippen LogP contribution in [-0.4, -0.2) is 35.1 Å². The van der Waals surface area contributed by atoms with Crippen molar-refractivity contribution >= 4 is 17.5 Å². The van der Waals surface area contributed by atoms with E-state index in [1.165, 1.54) is 44.1 Å². The van der Waals surface area contributed by atoms with E-state index in [-0.39, 0.29) is 5.91 Å². The van der Waals surface area contributed by atoms with Gasteiger partial charge in [-0.2, -0.15) is 0 Å². The van der Waals surface area contributed by atoms with Gasteiger partial charge in [-0.1, -0.05) is 17.7 Å². The minimum atomic E-state index is -0.00828. The molecule has 0 aliphatic heterocycles. The molecular formula is C26H35ClN4O. The lowest BCUT2D eigenvalue weighted by Gasteiger charge is -2.56. The number of nitrogens with one attached hydrogen (secondary N) is 2. The van der Waals surface area contributed by atoms with Gasteiger partial charge in [0.05, 0.1) is 16.9 Å². The number of halogens is 1. The number of hydrogen-bond acceptors (Lipinski definition) is 3. The Balaban J connectivity index is 1.10. The fourth-order valence-corrected chi connectivity index (χ4v) is 7.14. The van der Waals surface area contributed by atoms with Crippen LogP contribution in [0.1, 0.15) is 60.9 Å². The quantitative estimate of drug-likeness (QED) is 0.511. The maximum absolute atomic E-state index is 13.0. The van der Waals surface area contributed by atoms with Gasteiger partial charge in [-0.25, -0.2) is 4.98 Å². The van der Waals surface area contributed by atoms with Crippen LogP contribution in [0.3, 0.4) is 0 Å². The molecule has 1 heterocycles. The van der Waals surface area contributed by atoms with Gasteiger partial charge in [0.2, 0.25) is 0 Å². The standard InChI is InChI=1S/C26H35ClN4O/c27-24-4-3-19(2-1-5-28-6-8-31-9-7-29-18-31)13-23(24)25(32)30-17-26-14-20-10-21(15-26)12-22(11-20)16-26/h3-4,7,9,13,18,20-22,28H,1-2,5-6,8,10-12,14-17H2,(H,30,32). The summed E-state index contributed by atoms with van der Waals surface area (Å²) >= 11 is 6.42. The molecule has 4 fully saturated rings. The molecule has 172 valence electrons. The molecule has 4 aliphatic carbocycles. The Bertz CT molecular complexity index is 891. The van der Waals surface area contributed by atoms with Gasteiger partial charge >= 0.3 is 0 Å². The van der Waals surface area contributed by atoms with E-state index in [1.807, 2.05) is 30.7 Å². The Labute approximate surface area is 196 Å². The van der Waals surface area contributed by atoms with Gasteiger partial charge in [-0.15, -0.1) is 0 Å². The molecule has 1 aromatic carbocycles. The zero-order valence-corrected chi connectivity index (χ0v) is 19.6. The van der Waals surface area contributed by atoms with E-state index in [0.717, 1.165) is 56.8 Å². The molecule has 0 spiro atoms. The van der Waals surface area contributed by atoms with Crippen molar-refractivity contribution in [2.75, 3.05) is 19.6 Å². The summed E-state index contributed by atoms with van der Waals surface area (Å²) in [7, 11) is 0. The van der Waals surface area contributed by atoms with Crippen molar-refractivity contribution in [3.05, 3.63) is 53.1 Å². The molecule has 32 heavy (non-hydrogen) atoms. The number of rotatable bonds is 10. The summed E-state index contributed by atoms with van der Waals surface area (Å²) < 4.78 is 2.07. The molecule has 4 saturated carbocycles. The smallest absolute Gasteiger partial charge is 0.252 e. The molecule has 0 radical (unpaired) electrons. The SMILES string of the molecule is O=C(NCC12CC3CC(CC(C3)C1)C2)c1cc(CCCNCCn2ccnc2)ccc1Cl. The summed E-state index contributed by atoms with van der Waals surface area (Å²) in [6.45, 7) is 3.62. The summed E-state index contributed by atoms with van der Waals surface area (Å²) in [4.78, 5) is 17.1. The Morgan fingerprint density at radius 2 is 1.88 bits per heavy atom. The van der Waals surface area contributed by atoms with Gasteiger partial charge in [-0.3, -0.25) is 4.79 Å². The van der Waals surface area contributed by atoms with Crippen LogP contribution in [0, 0.1) is 23.2 Å². The Morgan fingerprint density at radius 1 is 1.12 bits per heavy atom. The average Bonchev–Trinajstić information content (AvgIpc) is 3.28. The molecule has 2 aromatic rings. The predicted molar refractivity (Wildman–Crippen MR) is 128 cm³/mol. The highest BCUT2D eigenvalue weighted by molar-refractivity contribution is 6.33. The summed E-state index contributed by atoms with van der Waals surface area (Å²) in [6.07, 6.45) is 15.8. The highest BCUT2D eigenvalue weighted by Gasteiger charge is 2.50. The lowest BCUT2D eigenvalue weighted by molar-refractivity contribution is -0.0503. The summed E-state index contributed by atoms with van der Waals surface area (Å²) in [6, 6.07) is 5.91. The Kier molecular flexibility index (Phi) is 6.56. The van der Waals surface area contributed by atoms with Gasteiger partial charge < -0.3 is 15.2 Å². The van der Waals surface area contributed by atoms with Gasteiger partial charge in [0.15, 0.2) is 0 Å². The molecule has 0 saturated heterocycles. The monoisotopic (exact) mass is 454 g/mol. The van der Waals surface area contributed by atoms with Crippen molar-refractivity contribution < 1.29 is 4.79 Å². The minimum Gasteiger partial charge on any atom is -0.351 e. The van der Waals surface area contributed by atoms with Crippen LogP contribution in [0.15, 0.2) is 36.9 Å². The number of hydrogen-bond donors (Lipinski definition) is 2. The predicted octanol–water partition coefficient (Wildman–Crippen LogP) is 4.71. The molecular weight excluding hydrogens is 420 g/mol. The van der Waals surface area contributed by atoms with Crippen LogP contribution in [-0.2, 0) is 13.0 Å². The largest absolute Gasteiger partial charge is 0.351 e. The van der Waals surface area contributed by atoms with E-state index in [1.54, 1.807) is 6.20 Å². The molecule has 6 heteroatoms. The van der Waals surface area contributed by atoms with Gasteiger partial charge in [0.25, 0.3) is 5.91 Å². The second-order valence-electron chi connectivity index (χ2n) is 10.6. The number of benzene rings is 1. The third-order valence-electron chi connectivity index (χ3n) is 7.99. The number of amides is 1. The third kappa shape index (κ3) is 5.04. The van der Waals surface area contributed by atoms with Crippen molar-refractivity contribution in [3.63, 3.8) is 0 Å². The highest BCUT2D eigenvalue weighted by Crippen LogP contribution is 2.59. The highest BCUT2D eigenvalue weighted by atomic mass is 35.5. The summed E-state index contributed by atoms with van der Waals surface area (Å²) in [5.74, 6) is 2.70. The molecule has 6 rings (SSSR count). The Hall–Kier alpha value is -1.85. The van der Waals surface area contributed by atoms with Crippen LogP contribution in [0.5, 0.6) is 0 Å². The summed E-state index contributed by atoms with van der Waals surface area (Å²) in [5.41, 5.74) is 2.14. The van der Waals surface area contributed by atoms with Crippen LogP contribution in [0.2, 0.25) is 5.02 Å². The molecule has 4 aliphatic rings. The second kappa shape index (κ2) is 9.56. The number of carbonyl (C=O) groups is 1. The van der Waals surface area contributed by atoms with Crippen LogP contribution >= 0.6 is 11.6 Å². The van der Waals surface area contributed by atoms with E-state index in [4.69, 9.17) is 11.6 Å². The number of aryl methyl sites for hydroxylation is 1. The molecule has 0 atom stereocenters. The fraction of sp³-hybridized carbons (Fsp3) is 0.615. The average molecular weight is 455 g/mol. The van der Waals surface area contributed by atoms with Crippen molar-refractivity contribution in [3.8, 4) is 0 Å². The topological polar surface area (TPSA) is 59.0 Å². The first kappa shape index (κ1) is 22.0. The van der Waals surface area contributed by atoms with Crippen molar-refractivity contribution in [2.24, 2.45) is 23.2 Å². The van der Waals surface area contributed by atoms with E-state index in [9.17, 15) is 4.79 Å². The van der Waals surface area contributed by atoms with Gasteiger partial charge in [-0.05, 0) is 98.8 Å². The molecule has 1 aromatic heterocycles. The number of carbonyl (C=O) groups excluding carboxylic acids is 1. The number of imidazole rings is 1. The lowest BCUT2D eigenvalue weighted by Crippen LogP contribution is -2.51. The molecule has 4 bridgehead atoms. The van der Waals surface area contributed by atoms with E-state index < -0.39 is 0 Å². The van der Waals surface area contributed by atoms with E-state index >= 15 is 0 Å². The van der Waals surface area contributed by atoms with E-state index in [0.29, 0.717) is 16.0 Å². The second-order valence-corrected chi connectivity index (χ2v) is 11.0. The Morgan fingerprint density at radius 3 is 2.56 bits per heavy atom. The molecule has 5 nitrogen and oxygen atoms in total. The molecule has 0 unspecified atom stereocenters. The first-order chi connectivity index (χ1) is 15.6. The van der Waals surface area contributed by atoms with Crippen LogP contribution in [0.4, 0.5) is 0 Å². The molecule has 1 amide bonds. The number of nitrogens with zero attached hydrogens (tertiary/aromatic N) is 2. The molecule has 2 N–H and O–H groups in total. The third-order valence-corrected chi connectivity index (χ3v) is 8.32. The minimum absolute atomic E-state index is 0.00828. The zero-order valence-electron chi connectivity index (χ0n) is 18.9. The van der Waals surface area contributed by atoms with Crippen molar-refractivity contribution in [1.29, 1.82) is 0 Å². The summed E-state index contributed by atoms with van der Waals surface area (Å²) in [5, 5.41) is 7.30. The van der Waals surface area contributed by atoms with Crippen molar-refractivity contribution in [2.45, 2.75) is 57.9 Å². The number of aromatic nitrogens is 2. The van der Waals surface area contributed by atoms with Gasteiger partial charge in [0.1, 0.15) is 0 Å². The first-order valence-electron chi connectivity index (χ1n) is 12.3. The maximum atomic E-state index is 13.0. The maximum Gasteiger partial charge on any atom is 0.252 e. The lowest BCUT2D eigenvalue weighted by atomic mass is 9.49. The first-order valence-corrected chi connectivity index (χ1v) is 12.7. The van der Waals surface area contributed by atoms with Crippen molar-refractivity contribution in [1.82, 2.24) is 20.2 Å². The fourth-order valence-electron chi connectivity index (χ4n) is 6.94. The van der Waals surface area contributed by atoms with Crippen LogP contribution in [0.25, 0.3) is 0 Å².